The van der Waals surface area contributed by atoms with Crippen LogP contribution in [0.2, 0.25) is 5.02 Å². The van der Waals surface area contributed by atoms with Gasteiger partial charge in [0.15, 0.2) is 5.17 Å². The Bertz CT molecular complexity index is 450. The number of carbonyl (C=O) groups is 1. The number of halogens is 1. The largest absolute Gasteiger partial charge is 0.375 e. The summed E-state index contributed by atoms with van der Waals surface area (Å²) >= 11 is 7.52. The molecule has 0 unspecified atom stereocenters. The lowest BCUT2D eigenvalue weighted by atomic mass is 10.3. The minimum absolute atomic E-state index is 0.113. The molecule has 4 nitrogen and oxygen atoms in total. The second-order valence-electron chi connectivity index (χ2n) is 3.42. The fraction of sp³-hybridized carbons (Fsp3) is 0.273. The molecule has 2 rings (SSSR count). The van der Waals surface area contributed by atoms with Crippen LogP contribution < -0.4 is 10.6 Å². The predicted molar refractivity (Wildman–Crippen MR) is 72.8 cm³/mol. The minimum Gasteiger partial charge on any atom is -0.375 e. The normalized spacial score (nSPS) is 14.3. The number of amidine groups is 1. The maximum Gasteiger partial charge on any atom is 0.245 e. The van der Waals surface area contributed by atoms with Gasteiger partial charge in [-0.2, -0.15) is 0 Å². The number of nitrogens with one attached hydrogen (secondary N) is 2. The van der Waals surface area contributed by atoms with Gasteiger partial charge in [-0.3, -0.25) is 9.79 Å². The molecule has 17 heavy (non-hydrogen) atoms. The Balaban J connectivity index is 1.82. The van der Waals surface area contributed by atoms with Crippen LogP contribution >= 0.6 is 23.4 Å². The Morgan fingerprint density at radius 2 is 2.29 bits per heavy atom. The van der Waals surface area contributed by atoms with E-state index in [4.69, 9.17) is 11.6 Å². The van der Waals surface area contributed by atoms with Gasteiger partial charge >= 0.3 is 0 Å². The molecule has 0 aromatic heterocycles. The molecule has 1 heterocycles. The second-order valence-corrected chi connectivity index (χ2v) is 4.91. The first-order valence-corrected chi connectivity index (χ1v) is 6.57. The number of benzene rings is 1. The van der Waals surface area contributed by atoms with Crippen LogP contribution in [-0.2, 0) is 4.79 Å². The van der Waals surface area contributed by atoms with Crippen molar-refractivity contribution in [2.75, 3.05) is 24.2 Å². The van der Waals surface area contributed by atoms with E-state index in [1.165, 1.54) is 0 Å². The third-order valence-electron chi connectivity index (χ3n) is 2.15. The number of para-hydroxylation sites is 1. The lowest BCUT2D eigenvalue weighted by Gasteiger charge is -2.08. The molecule has 2 N–H and O–H groups in total. The maximum absolute atomic E-state index is 11.6. The lowest BCUT2D eigenvalue weighted by molar-refractivity contribution is -0.117. The van der Waals surface area contributed by atoms with Crippen LogP contribution in [0.25, 0.3) is 0 Å². The Labute approximate surface area is 109 Å². The predicted octanol–water partition coefficient (Wildman–Crippen LogP) is 1.97. The van der Waals surface area contributed by atoms with E-state index in [-0.39, 0.29) is 12.5 Å². The molecule has 0 saturated heterocycles. The highest BCUT2D eigenvalue weighted by atomic mass is 35.5. The molecule has 1 amide bonds. The van der Waals surface area contributed by atoms with Crippen LogP contribution in [0, 0.1) is 0 Å². The average Bonchev–Trinajstić information content (AvgIpc) is 2.81. The number of aliphatic imine (C=N–C) groups is 1. The molecule has 6 heteroatoms. The van der Waals surface area contributed by atoms with E-state index in [2.05, 4.69) is 15.6 Å². The molecule has 1 aliphatic rings. The number of hydrogen-bond donors (Lipinski definition) is 2. The Morgan fingerprint density at radius 1 is 1.47 bits per heavy atom. The van der Waals surface area contributed by atoms with Gasteiger partial charge in [0.25, 0.3) is 0 Å². The van der Waals surface area contributed by atoms with Crippen LogP contribution in [-0.4, -0.2) is 29.9 Å². The van der Waals surface area contributed by atoms with Crippen molar-refractivity contribution < 1.29 is 4.79 Å². The van der Waals surface area contributed by atoms with E-state index in [1.807, 2.05) is 18.2 Å². The van der Waals surface area contributed by atoms with Gasteiger partial charge in [0.05, 0.1) is 23.8 Å². The van der Waals surface area contributed by atoms with Crippen molar-refractivity contribution in [2.24, 2.45) is 4.99 Å². The van der Waals surface area contributed by atoms with Crippen LogP contribution in [0.4, 0.5) is 5.69 Å². The van der Waals surface area contributed by atoms with Gasteiger partial charge in [-0.1, -0.05) is 35.5 Å². The topological polar surface area (TPSA) is 53.5 Å². The van der Waals surface area contributed by atoms with Crippen molar-refractivity contribution >= 4 is 40.1 Å². The van der Waals surface area contributed by atoms with E-state index < -0.39 is 0 Å². The standard InChI is InChI=1S/C11H12ClN3OS/c12-8-3-1-2-4-9(8)14-7-10(16)15-11-13-5-6-17-11/h1-4,14H,5-7H2,(H,13,15,16). The molecule has 0 fully saturated rings. The number of nitrogens with zero attached hydrogens (tertiary/aromatic N) is 1. The zero-order chi connectivity index (χ0) is 12.1. The minimum atomic E-state index is -0.113. The van der Waals surface area contributed by atoms with Gasteiger partial charge in [0, 0.05) is 5.75 Å². The maximum atomic E-state index is 11.6. The van der Waals surface area contributed by atoms with Crippen molar-refractivity contribution in [3.05, 3.63) is 29.3 Å². The van der Waals surface area contributed by atoms with Gasteiger partial charge in [-0.15, -0.1) is 0 Å². The van der Waals surface area contributed by atoms with Crippen molar-refractivity contribution in [3.8, 4) is 0 Å². The highest BCUT2D eigenvalue weighted by Crippen LogP contribution is 2.19. The molecule has 1 aromatic carbocycles. The first kappa shape index (κ1) is 12.3. The number of rotatable bonds is 3. The summed E-state index contributed by atoms with van der Waals surface area (Å²) in [6.07, 6.45) is 0. The van der Waals surface area contributed by atoms with Gasteiger partial charge in [0.1, 0.15) is 0 Å². The van der Waals surface area contributed by atoms with Crippen LogP contribution in [0.3, 0.4) is 0 Å². The number of carbonyl (C=O) groups excluding carboxylic acids is 1. The monoisotopic (exact) mass is 269 g/mol. The molecule has 0 atom stereocenters. The molecule has 1 aliphatic heterocycles. The van der Waals surface area contributed by atoms with E-state index in [0.717, 1.165) is 18.0 Å². The zero-order valence-corrected chi connectivity index (χ0v) is 10.6. The summed E-state index contributed by atoms with van der Waals surface area (Å²) in [5, 5.41) is 7.02. The molecule has 90 valence electrons. The van der Waals surface area contributed by atoms with Crippen LogP contribution in [0.5, 0.6) is 0 Å². The summed E-state index contributed by atoms with van der Waals surface area (Å²) < 4.78 is 0. The third kappa shape index (κ3) is 3.64. The molecule has 0 saturated carbocycles. The number of hydrogen-bond acceptors (Lipinski definition) is 4. The SMILES string of the molecule is O=C(CNc1ccccc1Cl)NC1=NCCS1. The highest BCUT2D eigenvalue weighted by Gasteiger charge is 2.10. The van der Waals surface area contributed by atoms with Gasteiger partial charge < -0.3 is 10.6 Å². The lowest BCUT2D eigenvalue weighted by Crippen LogP contribution is -2.32. The molecular formula is C11H12ClN3OS. The quantitative estimate of drug-likeness (QED) is 0.882. The summed E-state index contributed by atoms with van der Waals surface area (Å²) in [4.78, 5) is 15.7. The van der Waals surface area contributed by atoms with Crippen molar-refractivity contribution in [3.63, 3.8) is 0 Å². The average molecular weight is 270 g/mol. The molecular weight excluding hydrogens is 258 g/mol. The number of anilines is 1. The number of thioether (sulfide) groups is 1. The Kier molecular flexibility index (Phi) is 4.28. The fourth-order valence-corrected chi connectivity index (χ4v) is 2.30. The third-order valence-corrected chi connectivity index (χ3v) is 3.37. The van der Waals surface area contributed by atoms with E-state index in [0.29, 0.717) is 10.2 Å². The van der Waals surface area contributed by atoms with Crippen LogP contribution in [0.1, 0.15) is 0 Å². The summed E-state index contributed by atoms with van der Waals surface area (Å²) in [6.45, 7) is 0.960. The molecule has 0 radical (unpaired) electrons. The summed E-state index contributed by atoms with van der Waals surface area (Å²) in [6, 6.07) is 7.32. The first-order chi connectivity index (χ1) is 8.25. The van der Waals surface area contributed by atoms with Crippen molar-refractivity contribution in [2.45, 2.75) is 0 Å². The summed E-state index contributed by atoms with van der Waals surface area (Å²) in [7, 11) is 0. The van der Waals surface area contributed by atoms with E-state index in [9.17, 15) is 4.79 Å². The Hall–Kier alpha value is -1.20. The zero-order valence-electron chi connectivity index (χ0n) is 9.07. The van der Waals surface area contributed by atoms with Crippen molar-refractivity contribution in [1.29, 1.82) is 0 Å². The second kappa shape index (κ2) is 5.93. The Morgan fingerprint density at radius 3 is 3.00 bits per heavy atom. The van der Waals surface area contributed by atoms with Crippen LogP contribution in [0.15, 0.2) is 29.3 Å². The molecule has 0 bridgehead atoms. The van der Waals surface area contributed by atoms with Crippen molar-refractivity contribution in [1.82, 2.24) is 5.32 Å². The molecule has 1 aromatic rings. The summed E-state index contributed by atoms with van der Waals surface area (Å²) in [5.41, 5.74) is 0.755. The smallest absolute Gasteiger partial charge is 0.245 e. The van der Waals surface area contributed by atoms with Gasteiger partial charge in [-0.25, -0.2) is 0 Å². The van der Waals surface area contributed by atoms with Gasteiger partial charge in [-0.05, 0) is 12.1 Å². The van der Waals surface area contributed by atoms with E-state index in [1.54, 1.807) is 17.8 Å². The van der Waals surface area contributed by atoms with E-state index >= 15 is 0 Å². The fourth-order valence-electron chi connectivity index (χ4n) is 1.35. The molecule has 0 aliphatic carbocycles. The number of amides is 1. The first-order valence-electron chi connectivity index (χ1n) is 5.21. The van der Waals surface area contributed by atoms with Gasteiger partial charge in [0.2, 0.25) is 5.91 Å². The summed E-state index contributed by atoms with van der Waals surface area (Å²) in [5.74, 6) is 0.825. The highest BCUT2D eigenvalue weighted by molar-refractivity contribution is 8.14. The molecule has 0 spiro atoms.